The Kier molecular flexibility index (Phi) is 10.7. The number of H-pyrrole nitrogens is 2. The average Bonchev–Trinajstić information content (AvgIpc) is 3.07. The molecule has 0 saturated carbocycles. The van der Waals surface area contributed by atoms with Crippen LogP contribution in [0.4, 0.5) is 16.2 Å². The number of para-hydroxylation sites is 2. The van der Waals surface area contributed by atoms with Gasteiger partial charge in [0.2, 0.25) is 11.5 Å². The van der Waals surface area contributed by atoms with E-state index >= 15 is 0 Å². The number of ether oxygens (including phenoxy) is 1. The summed E-state index contributed by atoms with van der Waals surface area (Å²) in [6.07, 6.45) is 0. The van der Waals surface area contributed by atoms with Gasteiger partial charge >= 0.3 is 18.0 Å². The van der Waals surface area contributed by atoms with Gasteiger partial charge in [-0.3, -0.25) is 9.59 Å². The van der Waals surface area contributed by atoms with Crippen LogP contribution in [0.2, 0.25) is 5.02 Å². The first-order valence-corrected chi connectivity index (χ1v) is 14.0. The van der Waals surface area contributed by atoms with Crippen molar-refractivity contribution in [3.05, 3.63) is 115 Å². The molecule has 0 unspecified atom stereocenters. The van der Waals surface area contributed by atoms with Crippen molar-refractivity contribution >= 4 is 40.9 Å². The number of hydrogen-bond donors (Lipinski definition) is 8. The molecule has 2 amide bonds. The van der Waals surface area contributed by atoms with Gasteiger partial charge in [-0.15, -0.1) is 0 Å². The quantitative estimate of drug-likeness (QED) is 0.0912. The Bertz CT molecular complexity index is 2130. The number of halogens is 1. The minimum atomic E-state index is -1.56. The van der Waals surface area contributed by atoms with Crippen LogP contribution in [0.1, 0.15) is 26.5 Å². The Labute approximate surface area is 274 Å². The van der Waals surface area contributed by atoms with Gasteiger partial charge in [-0.2, -0.15) is 0 Å². The number of esters is 1. The highest BCUT2D eigenvalue weighted by Crippen LogP contribution is 2.26. The van der Waals surface area contributed by atoms with Crippen LogP contribution in [-0.4, -0.2) is 60.3 Å². The number of amides is 2. The maximum Gasteiger partial charge on any atom is 0.360 e. The number of urea groups is 1. The number of rotatable bonds is 7. The monoisotopic (exact) mass is 675 g/mol. The number of methoxy groups -OCH3 is 1. The number of carboxylic acid groups (broad SMARTS) is 1. The Hall–Kier alpha value is -6.68. The van der Waals surface area contributed by atoms with Crippen molar-refractivity contribution in [3.8, 4) is 34.3 Å². The van der Waals surface area contributed by atoms with E-state index in [-0.39, 0.29) is 29.4 Å². The molecule has 246 valence electrons. The number of nitrogens with one attached hydrogen (secondary N) is 4. The molecule has 3 aromatic carbocycles. The largest absolute Gasteiger partial charge is 0.501 e. The third-order valence-electron chi connectivity index (χ3n) is 6.41. The first kappa shape index (κ1) is 34.2. The SMILES string of the molecule is COC(=O)c1nc(-c2ccccc2N)[nH]c(=O)c1O.O=C(NCc1ccccc1Cl)Nc1ccccc1-c1nc(C(=O)O)c(O)c(=O)[nH]1. The topological polar surface area (TPSA) is 263 Å². The van der Waals surface area contributed by atoms with E-state index in [0.717, 1.165) is 12.7 Å². The highest BCUT2D eigenvalue weighted by molar-refractivity contribution is 6.31. The number of aromatic nitrogens is 4. The van der Waals surface area contributed by atoms with E-state index in [4.69, 9.17) is 22.4 Å². The van der Waals surface area contributed by atoms with E-state index < -0.39 is 52.0 Å². The highest BCUT2D eigenvalue weighted by Gasteiger charge is 2.20. The number of benzene rings is 3. The lowest BCUT2D eigenvalue weighted by Crippen LogP contribution is -2.28. The molecule has 0 spiro atoms. The molecule has 0 radical (unpaired) electrons. The summed E-state index contributed by atoms with van der Waals surface area (Å²) in [5.74, 6) is -4.28. The number of aromatic hydroxyl groups is 2. The number of nitrogen functional groups attached to an aromatic ring is 1. The predicted molar refractivity (Wildman–Crippen MR) is 174 cm³/mol. The molecular formula is C31H26ClN7O9. The average molecular weight is 676 g/mol. The second kappa shape index (κ2) is 15.1. The molecule has 0 aliphatic rings. The van der Waals surface area contributed by atoms with Gasteiger partial charge in [0, 0.05) is 28.4 Å². The number of carbonyl (C=O) groups is 3. The molecule has 0 atom stereocenters. The fraction of sp³-hybridized carbons (Fsp3) is 0.0645. The molecule has 5 rings (SSSR count). The Balaban J connectivity index is 0.000000237. The van der Waals surface area contributed by atoms with Crippen LogP contribution in [0, 0.1) is 0 Å². The van der Waals surface area contributed by atoms with Gasteiger partial charge < -0.3 is 46.4 Å². The first-order valence-electron chi connectivity index (χ1n) is 13.6. The normalized spacial score (nSPS) is 10.3. The van der Waals surface area contributed by atoms with Crippen molar-refractivity contribution in [3.63, 3.8) is 0 Å². The molecule has 9 N–H and O–H groups in total. The van der Waals surface area contributed by atoms with Gasteiger partial charge in [0.25, 0.3) is 11.1 Å². The van der Waals surface area contributed by atoms with Crippen LogP contribution >= 0.6 is 11.6 Å². The zero-order valence-corrected chi connectivity index (χ0v) is 25.5. The first-order chi connectivity index (χ1) is 22.9. The van der Waals surface area contributed by atoms with Gasteiger partial charge in [-0.1, -0.05) is 54.1 Å². The van der Waals surface area contributed by atoms with Crippen LogP contribution < -0.4 is 27.5 Å². The number of aromatic amines is 2. The minimum absolute atomic E-state index is 0.0845. The number of carboxylic acids is 1. The van der Waals surface area contributed by atoms with Gasteiger partial charge in [0.15, 0.2) is 11.4 Å². The third kappa shape index (κ3) is 7.93. The maximum atomic E-state index is 12.3. The van der Waals surface area contributed by atoms with E-state index in [1.807, 2.05) is 0 Å². The standard InChI is InChI=1S/C19H15ClN4O5.C12H11N3O4/c20-12-7-3-1-5-10(12)9-21-19(29)22-13-8-4-2-6-11(13)16-23-14(18(27)28)15(25)17(26)24-16;1-19-12(18)8-9(16)11(17)15-10(14-8)6-4-2-3-5-7(6)13/h1-8,25H,9H2,(H,27,28)(H2,21,22,29)(H,23,24,26);2-5,16H,13H2,1H3,(H,14,15,17). The summed E-state index contributed by atoms with van der Waals surface area (Å²) in [5.41, 5.74) is 4.76. The van der Waals surface area contributed by atoms with Gasteiger partial charge in [0.1, 0.15) is 11.6 Å². The van der Waals surface area contributed by atoms with E-state index in [0.29, 0.717) is 16.3 Å². The Morgan fingerprint density at radius 2 is 1.38 bits per heavy atom. The minimum Gasteiger partial charge on any atom is -0.501 e. The second-order valence-electron chi connectivity index (χ2n) is 9.55. The molecule has 0 fully saturated rings. The number of nitrogens with two attached hydrogens (primary N) is 1. The number of anilines is 2. The van der Waals surface area contributed by atoms with E-state index in [2.05, 4.69) is 35.3 Å². The van der Waals surface area contributed by atoms with Crippen molar-refractivity contribution in [1.29, 1.82) is 0 Å². The molecule has 2 aromatic heterocycles. The zero-order valence-electron chi connectivity index (χ0n) is 24.8. The second-order valence-corrected chi connectivity index (χ2v) is 9.96. The number of aromatic carboxylic acids is 1. The summed E-state index contributed by atoms with van der Waals surface area (Å²) in [6, 6.07) is 19.5. The van der Waals surface area contributed by atoms with Crippen molar-refractivity contribution in [1.82, 2.24) is 25.3 Å². The molecular weight excluding hydrogens is 650 g/mol. The number of hydrogen-bond acceptors (Lipinski definition) is 11. The lowest BCUT2D eigenvalue weighted by molar-refractivity contribution is 0.0589. The van der Waals surface area contributed by atoms with E-state index in [1.54, 1.807) is 66.7 Å². The molecule has 0 aliphatic heterocycles. The Morgan fingerprint density at radius 1 is 0.833 bits per heavy atom. The van der Waals surface area contributed by atoms with Gasteiger partial charge in [-0.05, 0) is 35.9 Å². The lowest BCUT2D eigenvalue weighted by atomic mass is 10.1. The number of carbonyl (C=O) groups excluding carboxylic acids is 2. The van der Waals surface area contributed by atoms with Crippen LogP contribution in [-0.2, 0) is 11.3 Å². The van der Waals surface area contributed by atoms with Crippen LogP contribution in [0.25, 0.3) is 22.8 Å². The maximum absolute atomic E-state index is 12.3. The molecule has 0 aliphatic carbocycles. The fourth-order valence-electron chi connectivity index (χ4n) is 4.07. The van der Waals surface area contributed by atoms with E-state index in [1.165, 1.54) is 6.07 Å². The van der Waals surface area contributed by atoms with Crippen LogP contribution in [0.5, 0.6) is 11.5 Å². The van der Waals surface area contributed by atoms with Crippen molar-refractivity contribution in [2.24, 2.45) is 0 Å². The molecule has 16 nitrogen and oxygen atoms in total. The third-order valence-corrected chi connectivity index (χ3v) is 6.78. The predicted octanol–water partition coefficient (Wildman–Crippen LogP) is 3.33. The highest BCUT2D eigenvalue weighted by atomic mass is 35.5. The summed E-state index contributed by atoms with van der Waals surface area (Å²) in [5, 5.41) is 34.0. The molecule has 2 heterocycles. The summed E-state index contributed by atoms with van der Waals surface area (Å²) < 4.78 is 4.45. The van der Waals surface area contributed by atoms with Gasteiger partial charge in [0.05, 0.1) is 12.8 Å². The smallest absolute Gasteiger partial charge is 0.360 e. The molecule has 17 heteroatoms. The zero-order chi connectivity index (χ0) is 35.0. The van der Waals surface area contributed by atoms with Crippen LogP contribution in [0.3, 0.4) is 0 Å². The molecule has 0 saturated heterocycles. The summed E-state index contributed by atoms with van der Waals surface area (Å²) in [7, 11) is 1.13. The van der Waals surface area contributed by atoms with E-state index in [9.17, 15) is 34.2 Å². The van der Waals surface area contributed by atoms with Gasteiger partial charge in [-0.25, -0.2) is 24.4 Å². The number of nitrogens with zero attached hydrogens (tertiary/aromatic N) is 2. The summed E-state index contributed by atoms with van der Waals surface area (Å²) >= 11 is 6.06. The summed E-state index contributed by atoms with van der Waals surface area (Å²) in [6.45, 7) is 0.186. The van der Waals surface area contributed by atoms with Crippen molar-refractivity contribution in [2.75, 3.05) is 18.2 Å². The molecule has 48 heavy (non-hydrogen) atoms. The summed E-state index contributed by atoms with van der Waals surface area (Å²) in [4.78, 5) is 70.6. The lowest BCUT2D eigenvalue weighted by Gasteiger charge is -2.12. The van der Waals surface area contributed by atoms with Crippen molar-refractivity contribution < 1.29 is 34.4 Å². The van der Waals surface area contributed by atoms with Crippen molar-refractivity contribution in [2.45, 2.75) is 6.54 Å². The Morgan fingerprint density at radius 3 is 2.00 bits per heavy atom. The van der Waals surface area contributed by atoms with Crippen LogP contribution in [0.15, 0.2) is 82.4 Å². The fourth-order valence-corrected chi connectivity index (χ4v) is 4.27. The molecule has 0 bridgehead atoms. The molecule has 5 aromatic rings.